The molecule has 0 atom stereocenters. The van der Waals surface area contributed by atoms with Crippen LogP contribution in [0.4, 0.5) is 0 Å². The zero-order chi connectivity index (χ0) is 25.3. The molecule has 0 unspecified atom stereocenters. The summed E-state index contributed by atoms with van der Waals surface area (Å²) in [5.41, 5.74) is 2.72. The molecule has 0 radical (unpaired) electrons. The molecule has 35 heavy (non-hydrogen) atoms. The highest BCUT2D eigenvalue weighted by atomic mass is 16.5. The molecule has 0 aliphatic heterocycles. The lowest BCUT2D eigenvalue weighted by Crippen LogP contribution is -2.04. The summed E-state index contributed by atoms with van der Waals surface area (Å²) >= 11 is 0. The number of ether oxygens (including phenoxy) is 2. The first-order valence-electron chi connectivity index (χ1n) is 12.7. The third-order valence-electron chi connectivity index (χ3n) is 5.58. The van der Waals surface area contributed by atoms with Gasteiger partial charge in [0.05, 0.1) is 18.8 Å². The highest BCUT2D eigenvalue weighted by molar-refractivity contribution is 5.95. The molecule has 1 N–H and O–H groups in total. The lowest BCUT2D eigenvalue weighted by Gasteiger charge is -2.08. The van der Waals surface area contributed by atoms with E-state index in [1.165, 1.54) is 51.0 Å². The van der Waals surface area contributed by atoms with E-state index in [0.717, 1.165) is 29.4 Å². The van der Waals surface area contributed by atoms with E-state index in [1.54, 1.807) is 25.1 Å². The van der Waals surface area contributed by atoms with Crippen molar-refractivity contribution in [2.24, 2.45) is 0 Å². The summed E-state index contributed by atoms with van der Waals surface area (Å²) in [5.74, 6) is -0.631. The van der Waals surface area contributed by atoms with Crippen LogP contribution in [0, 0.1) is 0 Å². The van der Waals surface area contributed by atoms with Crippen molar-refractivity contribution in [1.82, 2.24) is 0 Å². The molecule has 5 nitrogen and oxygen atoms in total. The largest absolute Gasteiger partial charge is 0.494 e. The fourth-order valence-corrected chi connectivity index (χ4v) is 3.69. The van der Waals surface area contributed by atoms with Crippen LogP contribution in [0.2, 0.25) is 0 Å². The van der Waals surface area contributed by atoms with E-state index in [4.69, 9.17) is 14.6 Å². The van der Waals surface area contributed by atoms with E-state index >= 15 is 0 Å². The van der Waals surface area contributed by atoms with E-state index in [0.29, 0.717) is 17.7 Å². The molecule has 0 heterocycles. The van der Waals surface area contributed by atoms with Crippen LogP contribution < -0.4 is 4.74 Å². The van der Waals surface area contributed by atoms with E-state index in [1.807, 2.05) is 36.4 Å². The lowest BCUT2D eigenvalue weighted by atomic mass is 10.00. The third-order valence-corrected chi connectivity index (χ3v) is 5.58. The van der Waals surface area contributed by atoms with Gasteiger partial charge in [0.25, 0.3) is 0 Å². The van der Waals surface area contributed by atoms with Crippen LogP contribution in [-0.4, -0.2) is 30.3 Å². The summed E-state index contributed by atoms with van der Waals surface area (Å²) in [5, 5.41) is 9.10. The van der Waals surface area contributed by atoms with E-state index in [9.17, 15) is 9.59 Å². The fourth-order valence-electron chi connectivity index (χ4n) is 3.69. The minimum Gasteiger partial charge on any atom is -0.494 e. The lowest BCUT2D eigenvalue weighted by molar-refractivity contribution is -0.131. The van der Waals surface area contributed by atoms with Crippen molar-refractivity contribution < 1.29 is 24.2 Å². The predicted molar refractivity (Wildman–Crippen MR) is 142 cm³/mol. The molecule has 0 saturated heterocycles. The van der Waals surface area contributed by atoms with Crippen molar-refractivity contribution in [3.05, 3.63) is 77.4 Å². The SMILES string of the molecule is CCCCCCCCCCOc1ccc(/C=C(/C=CC(=O)O)c2cccc(C(=O)OCC)c2)cc1. The molecule has 188 valence electrons. The van der Waals surface area contributed by atoms with Gasteiger partial charge in [-0.2, -0.15) is 0 Å². The van der Waals surface area contributed by atoms with Crippen molar-refractivity contribution in [2.75, 3.05) is 13.2 Å². The van der Waals surface area contributed by atoms with Gasteiger partial charge in [-0.3, -0.25) is 0 Å². The van der Waals surface area contributed by atoms with Gasteiger partial charge < -0.3 is 14.6 Å². The van der Waals surface area contributed by atoms with Gasteiger partial charge in [0.2, 0.25) is 0 Å². The number of allylic oxidation sites excluding steroid dienone is 2. The van der Waals surface area contributed by atoms with Gasteiger partial charge in [-0.15, -0.1) is 0 Å². The van der Waals surface area contributed by atoms with Crippen LogP contribution in [0.3, 0.4) is 0 Å². The number of aliphatic carboxylic acids is 1. The van der Waals surface area contributed by atoms with Gasteiger partial charge in [0.15, 0.2) is 0 Å². The maximum Gasteiger partial charge on any atom is 0.338 e. The highest BCUT2D eigenvalue weighted by Gasteiger charge is 2.09. The summed E-state index contributed by atoms with van der Waals surface area (Å²) in [4.78, 5) is 23.2. The first kappa shape index (κ1) is 27.9. The van der Waals surface area contributed by atoms with Gasteiger partial charge in [-0.1, -0.05) is 76.1 Å². The summed E-state index contributed by atoms with van der Waals surface area (Å²) in [6.45, 7) is 4.99. The number of carboxylic acids is 1. The van der Waals surface area contributed by atoms with Gasteiger partial charge >= 0.3 is 11.9 Å². The zero-order valence-electron chi connectivity index (χ0n) is 21.0. The molecule has 0 bridgehead atoms. The van der Waals surface area contributed by atoms with Crippen LogP contribution in [0.15, 0.2) is 60.7 Å². The average molecular weight is 479 g/mol. The Labute approximate surface area is 209 Å². The number of hydrogen-bond acceptors (Lipinski definition) is 4. The maximum atomic E-state index is 12.1. The Hall–Kier alpha value is -3.34. The van der Waals surface area contributed by atoms with E-state index in [-0.39, 0.29) is 6.61 Å². The molecule has 0 aliphatic rings. The van der Waals surface area contributed by atoms with Gasteiger partial charge in [0.1, 0.15) is 5.75 Å². The first-order valence-corrected chi connectivity index (χ1v) is 12.7. The molecule has 2 rings (SSSR count). The van der Waals surface area contributed by atoms with E-state index < -0.39 is 11.9 Å². The second kappa shape index (κ2) is 16.3. The molecule has 5 heteroatoms. The van der Waals surface area contributed by atoms with Gasteiger partial charge in [-0.25, -0.2) is 9.59 Å². The third kappa shape index (κ3) is 11.1. The second-order valence-corrected chi connectivity index (χ2v) is 8.46. The van der Waals surface area contributed by atoms with Crippen molar-refractivity contribution in [2.45, 2.75) is 65.2 Å². The second-order valence-electron chi connectivity index (χ2n) is 8.46. The molecule has 0 spiro atoms. The normalized spacial score (nSPS) is 11.5. The Morgan fingerprint density at radius 3 is 2.14 bits per heavy atom. The minimum atomic E-state index is -1.04. The van der Waals surface area contributed by atoms with Crippen molar-refractivity contribution in [3.8, 4) is 5.75 Å². The van der Waals surface area contributed by atoms with Gasteiger partial charge in [-0.05, 0) is 66.5 Å². The van der Waals surface area contributed by atoms with Crippen LogP contribution >= 0.6 is 0 Å². The maximum absolute atomic E-state index is 12.1. The van der Waals surface area contributed by atoms with Crippen LogP contribution in [-0.2, 0) is 9.53 Å². The number of hydrogen-bond donors (Lipinski definition) is 1. The van der Waals surface area contributed by atoms with Crippen LogP contribution in [0.25, 0.3) is 11.6 Å². The number of rotatable bonds is 16. The van der Waals surface area contributed by atoms with Crippen molar-refractivity contribution >= 4 is 23.6 Å². The van der Waals surface area contributed by atoms with Crippen molar-refractivity contribution in [3.63, 3.8) is 0 Å². The van der Waals surface area contributed by atoms with Crippen LogP contribution in [0.5, 0.6) is 5.75 Å². The quantitative estimate of drug-likeness (QED) is 0.0886. The number of carboxylic acid groups (broad SMARTS) is 1. The van der Waals surface area contributed by atoms with Crippen molar-refractivity contribution in [1.29, 1.82) is 0 Å². The molecule has 0 amide bonds. The summed E-state index contributed by atoms with van der Waals surface area (Å²) in [7, 11) is 0. The monoisotopic (exact) mass is 478 g/mol. The highest BCUT2D eigenvalue weighted by Crippen LogP contribution is 2.23. The summed E-state index contributed by atoms with van der Waals surface area (Å²) in [6.07, 6.45) is 14.6. The Balaban J connectivity index is 1.99. The number of esters is 1. The van der Waals surface area contributed by atoms with Crippen LogP contribution in [0.1, 0.15) is 86.7 Å². The number of carbonyl (C=O) groups is 2. The molecule has 0 aromatic heterocycles. The number of benzene rings is 2. The molecule has 0 saturated carbocycles. The Bertz CT molecular complexity index is 972. The molecule has 2 aromatic rings. The molecule has 0 fully saturated rings. The fraction of sp³-hybridized carbons (Fsp3) is 0.400. The summed E-state index contributed by atoms with van der Waals surface area (Å²) in [6, 6.07) is 14.7. The Kier molecular flexibility index (Phi) is 13.0. The number of unbranched alkanes of at least 4 members (excludes halogenated alkanes) is 7. The number of carbonyl (C=O) groups excluding carboxylic acids is 1. The molecule has 0 aliphatic carbocycles. The Morgan fingerprint density at radius 2 is 1.49 bits per heavy atom. The standard InChI is InChI=1S/C30H38O5/c1-3-5-6-7-8-9-10-11-21-35-28-18-15-24(16-19-28)22-26(17-20-29(31)32)25-13-12-14-27(23-25)30(33)34-4-2/h12-20,22-23H,3-11,21H2,1-2H3,(H,31,32)/b20-17?,26-22-. The topological polar surface area (TPSA) is 72.8 Å². The molecular weight excluding hydrogens is 440 g/mol. The average Bonchev–Trinajstić information content (AvgIpc) is 2.86. The summed E-state index contributed by atoms with van der Waals surface area (Å²) < 4.78 is 11.0. The molecule has 2 aromatic carbocycles. The minimum absolute atomic E-state index is 0.290. The Morgan fingerprint density at radius 1 is 0.829 bits per heavy atom. The predicted octanol–water partition coefficient (Wildman–Crippen LogP) is 7.56. The van der Waals surface area contributed by atoms with E-state index in [2.05, 4.69) is 6.92 Å². The van der Waals surface area contributed by atoms with Gasteiger partial charge in [0, 0.05) is 6.08 Å². The first-order chi connectivity index (χ1) is 17.0. The zero-order valence-corrected chi connectivity index (χ0v) is 21.0. The smallest absolute Gasteiger partial charge is 0.338 e. The molecular formula is C30H38O5.